The molecule has 0 spiro atoms. The third-order valence-corrected chi connectivity index (χ3v) is 4.71. The Labute approximate surface area is 151 Å². The number of hydrogen-bond acceptors (Lipinski definition) is 4. The second-order valence-corrected chi connectivity index (χ2v) is 6.94. The summed E-state index contributed by atoms with van der Waals surface area (Å²) in [7, 11) is 3.63. The Morgan fingerprint density at radius 2 is 2.12 bits per heavy atom. The van der Waals surface area contributed by atoms with Crippen LogP contribution in [0.5, 0.6) is 0 Å². The van der Waals surface area contributed by atoms with Crippen molar-refractivity contribution >= 4 is 23.3 Å². The first-order valence-corrected chi connectivity index (χ1v) is 8.61. The van der Waals surface area contributed by atoms with E-state index in [2.05, 4.69) is 9.97 Å². The van der Waals surface area contributed by atoms with Crippen molar-refractivity contribution in [1.82, 2.24) is 19.4 Å². The molecule has 1 aliphatic rings. The monoisotopic (exact) mass is 365 g/mol. The average molecular weight is 366 g/mol. The van der Waals surface area contributed by atoms with Gasteiger partial charge in [0.15, 0.2) is 11.6 Å². The number of piperidine rings is 1. The van der Waals surface area contributed by atoms with Crippen LogP contribution in [-0.4, -0.2) is 52.0 Å². The number of nitrogens with zero attached hydrogens (tertiary/aromatic N) is 5. The van der Waals surface area contributed by atoms with Gasteiger partial charge in [-0.1, -0.05) is 11.6 Å². The van der Waals surface area contributed by atoms with Crippen LogP contribution in [0.15, 0.2) is 24.8 Å². The number of aryl methyl sites for hydroxylation is 1. The highest BCUT2D eigenvalue weighted by Crippen LogP contribution is 2.25. The van der Waals surface area contributed by atoms with E-state index in [1.807, 2.05) is 11.9 Å². The molecule has 3 rings (SSSR count). The Bertz CT molecular complexity index is 757. The van der Waals surface area contributed by atoms with E-state index in [0.717, 1.165) is 12.8 Å². The van der Waals surface area contributed by atoms with Gasteiger partial charge in [0.25, 0.3) is 5.91 Å². The van der Waals surface area contributed by atoms with Gasteiger partial charge in [0.1, 0.15) is 5.69 Å². The molecule has 134 valence electrons. The Hall–Kier alpha value is -2.15. The molecule has 2 aromatic rings. The van der Waals surface area contributed by atoms with E-state index in [0.29, 0.717) is 42.1 Å². The fourth-order valence-electron chi connectivity index (χ4n) is 3.16. The minimum absolute atomic E-state index is 0.0755. The highest BCUT2D eigenvalue weighted by Gasteiger charge is 2.25. The standard InChI is InChI=1S/C17H21ClFN5O/c1-22-10-15(21-11-22)17(25)23(2)9-12-3-5-24(6-4-12)16-14(19)7-13(18)8-20-16/h7-8,10-12H,3-6,9H2,1-2H3. The van der Waals surface area contributed by atoms with E-state index in [1.165, 1.54) is 12.3 Å². The Balaban J connectivity index is 1.54. The zero-order valence-electron chi connectivity index (χ0n) is 14.3. The average Bonchev–Trinajstić information content (AvgIpc) is 3.01. The van der Waals surface area contributed by atoms with Crippen molar-refractivity contribution in [3.8, 4) is 0 Å². The van der Waals surface area contributed by atoms with Gasteiger partial charge in [0, 0.05) is 46.1 Å². The van der Waals surface area contributed by atoms with Crippen molar-refractivity contribution in [1.29, 1.82) is 0 Å². The highest BCUT2D eigenvalue weighted by atomic mass is 35.5. The Kier molecular flexibility index (Phi) is 5.22. The topological polar surface area (TPSA) is 54.3 Å². The second-order valence-electron chi connectivity index (χ2n) is 6.50. The van der Waals surface area contributed by atoms with Gasteiger partial charge in [-0.05, 0) is 24.8 Å². The lowest BCUT2D eigenvalue weighted by Gasteiger charge is -2.34. The van der Waals surface area contributed by atoms with Crippen molar-refractivity contribution in [2.24, 2.45) is 13.0 Å². The lowest BCUT2D eigenvalue weighted by atomic mass is 9.96. The molecule has 0 unspecified atom stereocenters. The van der Waals surface area contributed by atoms with Gasteiger partial charge in [-0.25, -0.2) is 14.4 Å². The predicted molar refractivity (Wildman–Crippen MR) is 94.3 cm³/mol. The van der Waals surface area contributed by atoms with Gasteiger partial charge in [0.05, 0.1) is 11.3 Å². The van der Waals surface area contributed by atoms with E-state index >= 15 is 0 Å². The predicted octanol–water partition coefficient (Wildman–Crippen LogP) is 2.60. The molecule has 0 radical (unpaired) electrons. The van der Waals surface area contributed by atoms with Crippen LogP contribution in [0.2, 0.25) is 5.02 Å². The van der Waals surface area contributed by atoms with Crippen LogP contribution in [-0.2, 0) is 7.05 Å². The van der Waals surface area contributed by atoms with Gasteiger partial charge >= 0.3 is 0 Å². The van der Waals surface area contributed by atoms with E-state index in [4.69, 9.17) is 11.6 Å². The van der Waals surface area contributed by atoms with Crippen LogP contribution in [0.4, 0.5) is 10.2 Å². The first-order chi connectivity index (χ1) is 11.9. The van der Waals surface area contributed by atoms with E-state index in [1.54, 1.807) is 29.0 Å². The summed E-state index contributed by atoms with van der Waals surface area (Å²) in [5, 5.41) is 0.297. The largest absolute Gasteiger partial charge is 0.354 e. The quantitative estimate of drug-likeness (QED) is 0.835. The number of amides is 1. The number of carbonyl (C=O) groups is 1. The highest BCUT2D eigenvalue weighted by molar-refractivity contribution is 6.30. The first-order valence-electron chi connectivity index (χ1n) is 8.23. The summed E-state index contributed by atoms with van der Waals surface area (Å²) in [6.07, 6.45) is 6.56. The first kappa shape index (κ1) is 17.7. The summed E-state index contributed by atoms with van der Waals surface area (Å²) in [6.45, 7) is 2.09. The third kappa shape index (κ3) is 4.10. The number of imidazole rings is 1. The molecule has 0 aliphatic carbocycles. The second kappa shape index (κ2) is 7.39. The molecule has 1 amide bonds. The number of carbonyl (C=O) groups excluding carboxylic acids is 1. The van der Waals surface area contributed by atoms with Crippen LogP contribution in [0.25, 0.3) is 0 Å². The summed E-state index contributed by atoms with van der Waals surface area (Å²) in [6, 6.07) is 1.29. The number of halogens is 2. The molecule has 1 saturated heterocycles. The summed E-state index contributed by atoms with van der Waals surface area (Å²) in [5.74, 6) is 0.256. The van der Waals surface area contributed by atoms with E-state index < -0.39 is 5.82 Å². The van der Waals surface area contributed by atoms with Crippen molar-refractivity contribution in [3.63, 3.8) is 0 Å². The van der Waals surface area contributed by atoms with Gasteiger partial charge in [-0.15, -0.1) is 0 Å². The number of pyridine rings is 1. The normalized spacial score (nSPS) is 15.4. The summed E-state index contributed by atoms with van der Waals surface area (Å²) < 4.78 is 15.7. The maximum absolute atomic E-state index is 14.0. The van der Waals surface area contributed by atoms with Crippen molar-refractivity contribution in [2.45, 2.75) is 12.8 Å². The maximum atomic E-state index is 14.0. The fraction of sp³-hybridized carbons (Fsp3) is 0.471. The Morgan fingerprint density at radius 3 is 2.72 bits per heavy atom. The third-order valence-electron chi connectivity index (χ3n) is 4.51. The molecule has 0 bridgehead atoms. The van der Waals surface area contributed by atoms with Gasteiger partial charge in [-0.3, -0.25) is 4.79 Å². The van der Waals surface area contributed by atoms with Crippen molar-refractivity contribution in [2.75, 3.05) is 31.6 Å². The van der Waals surface area contributed by atoms with Gasteiger partial charge in [-0.2, -0.15) is 0 Å². The number of anilines is 1. The lowest BCUT2D eigenvalue weighted by molar-refractivity contribution is 0.0759. The zero-order valence-corrected chi connectivity index (χ0v) is 15.1. The zero-order chi connectivity index (χ0) is 18.0. The van der Waals surface area contributed by atoms with Crippen LogP contribution < -0.4 is 4.90 Å². The van der Waals surface area contributed by atoms with Gasteiger partial charge in [0.2, 0.25) is 0 Å². The summed E-state index contributed by atoms with van der Waals surface area (Å²) >= 11 is 5.75. The molecule has 1 aliphatic heterocycles. The van der Waals surface area contributed by atoms with Crippen LogP contribution in [0.3, 0.4) is 0 Å². The van der Waals surface area contributed by atoms with Crippen LogP contribution in [0, 0.1) is 11.7 Å². The number of hydrogen-bond donors (Lipinski definition) is 0. The molecule has 0 atom stereocenters. The molecule has 3 heterocycles. The van der Waals surface area contributed by atoms with Crippen LogP contribution in [0.1, 0.15) is 23.3 Å². The molecular weight excluding hydrogens is 345 g/mol. The molecule has 1 fully saturated rings. The molecular formula is C17H21ClFN5O. The fourth-order valence-corrected chi connectivity index (χ4v) is 3.30. The molecule has 25 heavy (non-hydrogen) atoms. The molecule has 0 aromatic carbocycles. The number of rotatable bonds is 4. The maximum Gasteiger partial charge on any atom is 0.273 e. The molecule has 0 saturated carbocycles. The lowest BCUT2D eigenvalue weighted by Crippen LogP contribution is -2.40. The Morgan fingerprint density at radius 1 is 1.40 bits per heavy atom. The van der Waals surface area contributed by atoms with Crippen molar-refractivity contribution in [3.05, 3.63) is 41.3 Å². The van der Waals surface area contributed by atoms with Gasteiger partial charge < -0.3 is 14.4 Å². The summed E-state index contributed by atoms with van der Waals surface area (Å²) in [5.41, 5.74) is 0.454. The molecule has 0 N–H and O–H groups in total. The van der Waals surface area contributed by atoms with Crippen molar-refractivity contribution < 1.29 is 9.18 Å². The molecule has 2 aromatic heterocycles. The van der Waals surface area contributed by atoms with Crippen LogP contribution >= 0.6 is 11.6 Å². The molecule has 8 heteroatoms. The minimum atomic E-state index is -0.395. The minimum Gasteiger partial charge on any atom is -0.354 e. The smallest absolute Gasteiger partial charge is 0.273 e. The van der Waals surface area contributed by atoms with E-state index in [9.17, 15) is 9.18 Å². The summed E-state index contributed by atoms with van der Waals surface area (Å²) in [4.78, 5) is 24.2. The molecule has 6 nitrogen and oxygen atoms in total. The number of aromatic nitrogens is 3. The van der Waals surface area contributed by atoms with E-state index in [-0.39, 0.29) is 5.91 Å². The SMILES string of the molecule is CN(CC1CCN(c2ncc(Cl)cc2F)CC1)C(=O)c1cn(C)cn1.